The fourth-order valence-corrected chi connectivity index (χ4v) is 0.981. The van der Waals surface area contributed by atoms with E-state index in [0.717, 1.165) is 0 Å². The Morgan fingerprint density at radius 2 is 1.61 bits per heavy atom. The van der Waals surface area contributed by atoms with Crippen molar-refractivity contribution in [3.05, 3.63) is 25.3 Å². The lowest BCUT2D eigenvalue weighted by atomic mass is 10.7. The van der Waals surface area contributed by atoms with Gasteiger partial charge in [-0.2, -0.15) is 9.97 Å². The Bertz CT molecular complexity index is 368. The minimum absolute atomic E-state index is 0.0304. The number of aliphatic hydroxyl groups excluding tert-OH is 1. The van der Waals surface area contributed by atoms with E-state index in [1.54, 1.807) is 12.2 Å². The van der Waals surface area contributed by atoms with Crippen molar-refractivity contribution in [2.24, 2.45) is 0 Å². The van der Waals surface area contributed by atoms with E-state index in [1.807, 2.05) is 0 Å². The highest BCUT2D eigenvalue weighted by atomic mass is 16.5. The molecule has 0 saturated carbocycles. The lowest BCUT2D eigenvalue weighted by Crippen LogP contribution is -2.12. The zero-order valence-corrected chi connectivity index (χ0v) is 10.0. The summed E-state index contributed by atoms with van der Waals surface area (Å²) in [6.07, 6.45) is 3.16. The second-order valence-electron chi connectivity index (χ2n) is 3.07. The van der Waals surface area contributed by atoms with Crippen molar-refractivity contribution >= 4 is 5.95 Å². The van der Waals surface area contributed by atoms with Crippen molar-refractivity contribution in [3.63, 3.8) is 0 Å². The van der Waals surface area contributed by atoms with Crippen LogP contribution in [0.25, 0.3) is 0 Å². The number of hydrogen-bond donors (Lipinski definition) is 2. The fourth-order valence-electron chi connectivity index (χ4n) is 0.981. The standard InChI is InChI=1S/C11H16N4O3/c1-3-7-17-10-13-9(12-5-6-16)14-11(15-10)18-8-4-2/h3-4,16H,1-2,5-8H2,(H,12,13,14,15). The third-order valence-electron chi connectivity index (χ3n) is 1.65. The maximum atomic E-state index is 8.73. The lowest BCUT2D eigenvalue weighted by molar-refractivity contribution is 0.297. The molecule has 0 aliphatic carbocycles. The molecule has 0 fully saturated rings. The van der Waals surface area contributed by atoms with E-state index in [2.05, 4.69) is 33.4 Å². The molecule has 0 spiro atoms. The molecule has 0 atom stereocenters. The summed E-state index contributed by atoms with van der Waals surface area (Å²) in [5.74, 6) is 0.275. The molecule has 0 aromatic carbocycles. The van der Waals surface area contributed by atoms with Crippen LogP contribution < -0.4 is 14.8 Å². The average Bonchev–Trinajstić information content (AvgIpc) is 2.40. The molecule has 0 amide bonds. The highest BCUT2D eigenvalue weighted by molar-refractivity contribution is 5.27. The second-order valence-corrected chi connectivity index (χ2v) is 3.07. The first kappa shape index (κ1) is 13.9. The van der Waals surface area contributed by atoms with E-state index in [0.29, 0.717) is 6.54 Å². The Labute approximate surface area is 105 Å². The van der Waals surface area contributed by atoms with Crippen LogP contribution in [0.15, 0.2) is 25.3 Å². The van der Waals surface area contributed by atoms with Crippen LogP contribution in [-0.2, 0) is 0 Å². The van der Waals surface area contributed by atoms with E-state index in [1.165, 1.54) is 0 Å². The van der Waals surface area contributed by atoms with E-state index in [9.17, 15) is 0 Å². The van der Waals surface area contributed by atoms with Crippen molar-refractivity contribution in [1.82, 2.24) is 15.0 Å². The Balaban J connectivity index is 2.80. The quantitative estimate of drug-likeness (QED) is 0.615. The Hall–Kier alpha value is -2.15. The molecule has 0 saturated heterocycles. The molecule has 1 aromatic rings. The first-order valence-electron chi connectivity index (χ1n) is 5.38. The largest absolute Gasteiger partial charge is 0.459 e. The van der Waals surface area contributed by atoms with Gasteiger partial charge in [-0.05, 0) is 0 Å². The maximum absolute atomic E-state index is 8.73. The molecule has 0 bridgehead atoms. The van der Waals surface area contributed by atoms with Gasteiger partial charge in [0, 0.05) is 6.54 Å². The van der Waals surface area contributed by atoms with Crippen LogP contribution >= 0.6 is 0 Å². The van der Waals surface area contributed by atoms with Crippen LogP contribution in [0.5, 0.6) is 12.0 Å². The summed E-state index contributed by atoms with van der Waals surface area (Å²) in [5.41, 5.74) is 0. The van der Waals surface area contributed by atoms with E-state index in [-0.39, 0.29) is 37.8 Å². The Morgan fingerprint density at radius 3 is 2.06 bits per heavy atom. The molecule has 1 aromatic heterocycles. The molecule has 98 valence electrons. The summed E-state index contributed by atoms with van der Waals surface area (Å²) < 4.78 is 10.4. The predicted octanol–water partition coefficient (Wildman–Crippen LogP) is 0.405. The van der Waals surface area contributed by atoms with Gasteiger partial charge in [0.15, 0.2) is 0 Å². The van der Waals surface area contributed by atoms with Gasteiger partial charge < -0.3 is 19.9 Å². The van der Waals surface area contributed by atoms with Crippen LogP contribution in [0.3, 0.4) is 0 Å². The molecule has 0 aliphatic heterocycles. The number of aromatic nitrogens is 3. The van der Waals surface area contributed by atoms with Gasteiger partial charge in [0.2, 0.25) is 5.95 Å². The summed E-state index contributed by atoms with van der Waals surface area (Å²) in [7, 11) is 0. The monoisotopic (exact) mass is 252 g/mol. The van der Waals surface area contributed by atoms with Crippen LogP contribution in [0.4, 0.5) is 5.95 Å². The number of nitrogens with zero attached hydrogens (tertiary/aromatic N) is 3. The van der Waals surface area contributed by atoms with Gasteiger partial charge in [-0.1, -0.05) is 25.3 Å². The highest BCUT2D eigenvalue weighted by Crippen LogP contribution is 2.12. The van der Waals surface area contributed by atoms with Crippen molar-refractivity contribution in [2.45, 2.75) is 0 Å². The lowest BCUT2D eigenvalue weighted by Gasteiger charge is -2.08. The first-order chi connectivity index (χ1) is 8.80. The van der Waals surface area contributed by atoms with Gasteiger partial charge in [0.1, 0.15) is 13.2 Å². The molecule has 18 heavy (non-hydrogen) atoms. The predicted molar refractivity (Wildman–Crippen MR) is 66.8 cm³/mol. The van der Waals surface area contributed by atoms with Gasteiger partial charge in [0.25, 0.3) is 0 Å². The van der Waals surface area contributed by atoms with Crippen LogP contribution in [0.2, 0.25) is 0 Å². The van der Waals surface area contributed by atoms with Crippen molar-refractivity contribution in [1.29, 1.82) is 0 Å². The van der Waals surface area contributed by atoms with Gasteiger partial charge in [-0.25, -0.2) is 0 Å². The highest BCUT2D eigenvalue weighted by Gasteiger charge is 2.07. The molecule has 1 heterocycles. The van der Waals surface area contributed by atoms with Crippen molar-refractivity contribution in [2.75, 3.05) is 31.7 Å². The maximum Gasteiger partial charge on any atom is 0.324 e. The number of anilines is 1. The van der Waals surface area contributed by atoms with Gasteiger partial charge in [-0.3, -0.25) is 0 Å². The molecule has 0 radical (unpaired) electrons. The molecule has 7 heteroatoms. The minimum atomic E-state index is -0.0304. The topological polar surface area (TPSA) is 89.4 Å². The van der Waals surface area contributed by atoms with Gasteiger partial charge >= 0.3 is 12.0 Å². The summed E-state index contributed by atoms with van der Waals surface area (Å²) in [4.78, 5) is 11.9. The smallest absolute Gasteiger partial charge is 0.324 e. The van der Waals surface area contributed by atoms with E-state index < -0.39 is 0 Å². The molecule has 1 rings (SSSR count). The molecule has 0 aliphatic rings. The third kappa shape index (κ3) is 4.79. The summed E-state index contributed by atoms with van der Waals surface area (Å²) in [6.45, 7) is 7.92. The van der Waals surface area contributed by atoms with Crippen molar-refractivity contribution in [3.8, 4) is 12.0 Å². The Morgan fingerprint density at radius 1 is 1.06 bits per heavy atom. The molecule has 2 N–H and O–H groups in total. The normalized spacial score (nSPS) is 9.61. The fraction of sp³-hybridized carbons (Fsp3) is 0.364. The first-order valence-corrected chi connectivity index (χ1v) is 5.38. The van der Waals surface area contributed by atoms with Crippen LogP contribution in [-0.4, -0.2) is 46.4 Å². The Kier molecular flexibility index (Phi) is 6.20. The van der Waals surface area contributed by atoms with Gasteiger partial charge in [0.05, 0.1) is 6.61 Å². The van der Waals surface area contributed by atoms with Crippen LogP contribution in [0.1, 0.15) is 0 Å². The zero-order valence-electron chi connectivity index (χ0n) is 10.0. The minimum Gasteiger partial charge on any atom is -0.459 e. The molecular weight excluding hydrogens is 236 g/mol. The SMILES string of the molecule is C=CCOc1nc(NCCO)nc(OCC=C)n1. The van der Waals surface area contributed by atoms with E-state index >= 15 is 0 Å². The molecular formula is C11H16N4O3. The van der Waals surface area contributed by atoms with E-state index in [4.69, 9.17) is 14.6 Å². The molecule has 0 unspecified atom stereocenters. The summed E-state index contributed by atoms with van der Waals surface area (Å²) in [5, 5.41) is 11.5. The molecule has 7 nitrogen and oxygen atoms in total. The number of nitrogens with one attached hydrogen (secondary N) is 1. The third-order valence-corrected chi connectivity index (χ3v) is 1.65. The number of aliphatic hydroxyl groups is 1. The van der Waals surface area contributed by atoms with Gasteiger partial charge in [-0.15, -0.1) is 4.98 Å². The number of ether oxygens (including phenoxy) is 2. The summed E-state index contributed by atoms with van der Waals surface area (Å²) in [6, 6.07) is 0.258. The number of rotatable bonds is 9. The van der Waals surface area contributed by atoms with Crippen molar-refractivity contribution < 1.29 is 14.6 Å². The number of hydrogen-bond acceptors (Lipinski definition) is 7. The average molecular weight is 252 g/mol. The second kappa shape index (κ2) is 8.02. The van der Waals surface area contributed by atoms with Crippen LogP contribution in [0, 0.1) is 0 Å². The summed E-state index contributed by atoms with van der Waals surface area (Å²) >= 11 is 0. The zero-order chi connectivity index (χ0) is 13.2.